The molecule has 0 spiro atoms. The Labute approximate surface area is 171 Å². The van der Waals surface area contributed by atoms with Crippen molar-refractivity contribution in [3.8, 4) is 11.5 Å². The number of aromatic carboxylic acids is 1. The van der Waals surface area contributed by atoms with Crippen LogP contribution in [0.3, 0.4) is 0 Å². The van der Waals surface area contributed by atoms with E-state index >= 15 is 0 Å². The molecule has 10 nitrogen and oxygen atoms in total. The lowest BCUT2D eigenvalue weighted by atomic mass is 10.1. The summed E-state index contributed by atoms with van der Waals surface area (Å²) in [6, 6.07) is 6.39. The van der Waals surface area contributed by atoms with Crippen LogP contribution < -0.4 is 0 Å². The fourth-order valence-corrected chi connectivity index (χ4v) is 3.49. The fraction of sp³-hybridized carbons (Fsp3) is 0.300. The van der Waals surface area contributed by atoms with E-state index in [1.54, 1.807) is 42.9 Å². The van der Waals surface area contributed by atoms with Crippen LogP contribution in [-0.2, 0) is 16.1 Å². The molecule has 154 valence electrons. The van der Waals surface area contributed by atoms with Crippen LogP contribution in [0, 0.1) is 0 Å². The molecule has 0 bridgehead atoms. The highest BCUT2D eigenvalue weighted by molar-refractivity contribution is 5.87. The second-order valence-corrected chi connectivity index (χ2v) is 6.96. The molecule has 0 amide bonds. The molecule has 0 saturated carbocycles. The molecule has 30 heavy (non-hydrogen) atoms. The summed E-state index contributed by atoms with van der Waals surface area (Å²) in [6.07, 6.45) is 4.85. The van der Waals surface area contributed by atoms with E-state index in [1.165, 1.54) is 6.92 Å². The maximum absolute atomic E-state index is 11.4. The number of esters is 1. The minimum absolute atomic E-state index is 0.222. The molecule has 1 aliphatic rings. The molecule has 1 fully saturated rings. The molecule has 10 heteroatoms. The molecule has 1 aromatic carbocycles. The molecule has 4 rings (SSSR count). The highest BCUT2D eigenvalue weighted by Crippen LogP contribution is 2.34. The van der Waals surface area contributed by atoms with Gasteiger partial charge in [-0.2, -0.15) is 4.98 Å². The summed E-state index contributed by atoms with van der Waals surface area (Å²) in [5.41, 5.74) is 1.64. The summed E-state index contributed by atoms with van der Waals surface area (Å²) in [7, 11) is 0. The van der Waals surface area contributed by atoms with Gasteiger partial charge in [0.1, 0.15) is 11.8 Å². The zero-order chi connectivity index (χ0) is 21.1. The topological polar surface area (TPSA) is 132 Å². The van der Waals surface area contributed by atoms with Gasteiger partial charge in [-0.05, 0) is 17.7 Å². The summed E-state index contributed by atoms with van der Waals surface area (Å²) >= 11 is 0. The average Bonchev–Trinajstić information content (AvgIpc) is 3.36. The summed E-state index contributed by atoms with van der Waals surface area (Å²) < 4.78 is 10.9. The van der Waals surface area contributed by atoms with E-state index in [0.717, 1.165) is 5.56 Å². The maximum Gasteiger partial charge on any atom is 0.335 e. The van der Waals surface area contributed by atoms with Gasteiger partial charge >= 0.3 is 11.9 Å². The highest BCUT2D eigenvalue weighted by atomic mass is 16.5. The van der Waals surface area contributed by atoms with E-state index in [1.807, 2.05) is 0 Å². The maximum atomic E-state index is 11.4. The van der Waals surface area contributed by atoms with Crippen LogP contribution in [-0.4, -0.2) is 54.7 Å². The zero-order valence-electron chi connectivity index (χ0n) is 16.1. The number of nitrogens with zero attached hydrogens (tertiary/aromatic N) is 5. The van der Waals surface area contributed by atoms with Gasteiger partial charge in [0.05, 0.1) is 17.8 Å². The molecule has 2 unspecified atom stereocenters. The van der Waals surface area contributed by atoms with Crippen LogP contribution in [0.2, 0.25) is 0 Å². The van der Waals surface area contributed by atoms with E-state index in [4.69, 9.17) is 14.4 Å². The molecular formula is C20H19N5O5. The SMILES string of the molecule is CC(=O)OC1CC(c2nc(-c3cnccn3)no2)N(Cc2ccc(C(=O)O)cc2)C1. The van der Waals surface area contributed by atoms with E-state index < -0.39 is 5.97 Å². The number of aromatic nitrogens is 4. The number of benzene rings is 1. The first-order valence-electron chi connectivity index (χ1n) is 9.33. The van der Waals surface area contributed by atoms with Crippen molar-refractivity contribution in [2.75, 3.05) is 6.54 Å². The van der Waals surface area contributed by atoms with Gasteiger partial charge in [-0.3, -0.25) is 14.7 Å². The van der Waals surface area contributed by atoms with Crippen LogP contribution in [0.5, 0.6) is 0 Å². The Morgan fingerprint density at radius 3 is 2.73 bits per heavy atom. The smallest absolute Gasteiger partial charge is 0.335 e. The number of rotatable bonds is 6. The standard InChI is InChI=1S/C20H19N5O5/c1-12(26)29-15-8-17(19-23-18(24-30-19)16-9-21-6-7-22-16)25(11-15)10-13-2-4-14(5-3-13)20(27)28/h2-7,9,15,17H,8,10-11H2,1H3,(H,27,28). The second-order valence-electron chi connectivity index (χ2n) is 6.96. The Balaban J connectivity index is 1.56. The molecular weight excluding hydrogens is 390 g/mol. The lowest BCUT2D eigenvalue weighted by Gasteiger charge is -2.21. The van der Waals surface area contributed by atoms with Gasteiger partial charge in [0.15, 0.2) is 0 Å². The first kappa shape index (κ1) is 19.6. The molecule has 0 radical (unpaired) electrons. The molecule has 3 heterocycles. The van der Waals surface area contributed by atoms with Crippen molar-refractivity contribution in [3.05, 3.63) is 59.9 Å². The number of hydrogen-bond donors (Lipinski definition) is 1. The Hall–Kier alpha value is -3.66. The lowest BCUT2D eigenvalue weighted by Crippen LogP contribution is -2.26. The molecule has 3 aromatic rings. The number of likely N-dealkylation sites (tertiary alicyclic amines) is 1. The number of carbonyl (C=O) groups excluding carboxylic acids is 1. The predicted octanol–water partition coefficient (Wildman–Crippen LogP) is 2.10. The quantitative estimate of drug-likeness (QED) is 0.604. The first-order valence-corrected chi connectivity index (χ1v) is 9.33. The first-order chi connectivity index (χ1) is 14.5. The summed E-state index contributed by atoms with van der Waals surface area (Å²) in [5.74, 6) is -0.595. The van der Waals surface area contributed by atoms with Crippen LogP contribution in [0.1, 0.15) is 41.2 Å². The monoisotopic (exact) mass is 409 g/mol. The normalized spacial score (nSPS) is 19.0. The molecule has 2 atom stereocenters. The Bertz CT molecular complexity index is 1040. The van der Waals surface area contributed by atoms with Crippen LogP contribution in [0.15, 0.2) is 47.4 Å². The third kappa shape index (κ3) is 4.33. The molecule has 0 aliphatic carbocycles. The van der Waals surface area contributed by atoms with Gasteiger partial charge in [0, 0.05) is 38.8 Å². The Morgan fingerprint density at radius 2 is 2.07 bits per heavy atom. The van der Waals surface area contributed by atoms with E-state index in [9.17, 15) is 9.59 Å². The second kappa shape index (κ2) is 8.37. The van der Waals surface area contributed by atoms with E-state index in [-0.39, 0.29) is 23.7 Å². The van der Waals surface area contributed by atoms with Gasteiger partial charge in [-0.1, -0.05) is 17.3 Å². The third-order valence-corrected chi connectivity index (χ3v) is 4.80. The van der Waals surface area contributed by atoms with Gasteiger partial charge in [0.25, 0.3) is 0 Å². The predicted molar refractivity (Wildman–Crippen MR) is 102 cm³/mol. The van der Waals surface area contributed by atoms with E-state index in [2.05, 4.69) is 25.0 Å². The lowest BCUT2D eigenvalue weighted by molar-refractivity contribution is -0.145. The van der Waals surface area contributed by atoms with Crippen LogP contribution in [0.25, 0.3) is 11.5 Å². The number of hydrogen-bond acceptors (Lipinski definition) is 9. The van der Waals surface area contributed by atoms with Gasteiger partial charge in [0.2, 0.25) is 11.7 Å². The Kier molecular flexibility index (Phi) is 5.48. The van der Waals surface area contributed by atoms with Crippen LogP contribution >= 0.6 is 0 Å². The molecule has 1 N–H and O–H groups in total. The summed E-state index contributed by atoms with van der Waals surface area (Å²) in [5, 5.41) is 13.1. The van der Waals surface area contributed by atoms with Crippen molar-refractivity contribution in [3.63, 3.8) is 0 Å². The van der Waals surface area contributed by atoms with Gasteiger partial charge in [-0.25, -0.2) is 9.78 Å². The highest BCUT2D eigenvalue weighted by Gasteiger charge is 2.38. The van der Waals surface area contributed by atoms with Crippen molar-refractivity contribution >= 4 is 11.9 Å². The van der Waals surface area contributed by atoms with Crippen molar-refractivity contribution in [1.82, 2.24) is 25.0 Å². The number of carboxylic acids is 1. The number of ether oxygens (including phenoxy) is 1. The van der Waals surface area contributed by atoms with Crippen molar-refractivity contribution in [1.29, 1.82) is 0 Å². The zero-order valence-corrected chi connectivity index (χ0v) is 16.1. The third-order valence-electron chi connectivity index (χ3n) is 4.80. The van der Waals surface area contributed by atoms with Crippen LogP contribution in [0.4, 0.5) is 0 Å². The Morgan fingerprint density at radius 1 is 1.27 bits per heavy atom. The number of carboxylic acid groups (broad SMARTS) is 1. The molecule has 1 aliphatic heterocycles. The summed E-state index contributed by atoms with van der Waals surface area (Å²) in [6.45, 7) is 2.38. The van der Waals surface area contributed by atoms with Crippen molar-refractivity contribution < 1.29 is 24.0 Å². The van der Waals surface area contributed by atoms with Crippen molar-refractivity contribution in [2.24, 2.45) is 0 Å². The summed E-state index contributed by atoms with van der Waals surface area (Å²) in [4.78, 5) is 37.2. The average molecular weight is 409 g/mol. The largest absolute Gasteiger partial charge is 0.478 e. The fourth-order valence-electron chi connectivity index (χ4n) is 3.49. The van der Waals surface area contributed by atoms with Gasteiger partial charge in [-0.15, -0.1) is 0 Å². The molecule has 1 saturated heterocycles. The van der Waals surface area contributed by atoms with Crippen molar-refractivity contribution in [2.45, 2.75) is 32.0 Å². The van der Waals surface area contributed by atoms with E-state index in [0.29, 0.717) is 36.9 Å². The van der Waals surface area contributed by atoms with Gasteiger partial charge < -0.3 is 14.4 Å². The number of carbonyl (C=O) groups is 2. The minimum atomic E-state index is -0.974. The molecule has 2 aromatic heterocycles. The minimum Gasteiger partial charge on any atom is -0.478 e.